The highest BCUT2D eigenvalue weighted by Gasteiger charge is 2.15. The highest BCUT2D eigenvalue weighted by atomic mass is 35.5. The Morgan fingerprint density at radius 1 is 1.10 bits per heavy atom. The quantitative estimate of drug-likeness (QED) is 0.545. The van der Waals surface area contributed by atoms with E-state index in [1.807, 2.05) is 31.7 Å². The molecule has 1 amide bonds. The first-order valence-corrected chi connectivity index (χ1v) is 10.0. The Kier molecular flexibility index (Phi) is 6.63. The summed E-state index contributed by atoms with van der Waals surface area (Å²) in [5, 5.41) is 4.83. The highest BCUT2D eigenvalue weighted by molar-refractivity contribution is 6.32. The van der Waals surface area contributed by atoms with Crippen LogP contribution in [0, 0.1) is 13.8 Å². The van der Waals surface area contributed by atoms with E-state index < -0.39 is 5.63 Å². The van der Waals surface area contributed by atoms with Crippen molar-refractivity contribution in [3.8, 4) is 0 Å². The second-order valence-corrected chi connectivity index (χ2v) is 7.84. The molecule has 1 aromatic heterocycles. The molecule has 0 saturated carbocycles. The monoisotopic (exact) mass is 432 g/mol. The molecule has 1 heterocycles. The van der Waals surface area contributed by atoms with Crippen LogP contribution in [0.3, 0.4) is 0 Å². The third kappa shape index (κ3) is 5.18. The summed E-state index contributed by atoms with van der Waals surface area (Å²) in [5.74, 6) is -0.154. The Labute approximate surface area is 179 Å². The Hall–Kier alpha value is -2.34. The van der Waals surface area contributed by atoms with Crippen LogP contribution in [0.25, 0.3) is 11.0 Å². The van der Waals surface area contributed by atoms with Crippen LogP contribution < -0.4 is 10.9 Å². The molecule has 0 spiro atoms. The van der Waals surface area contributed by atoms with Crippen molar-refractivity contribution in [2.75, 3.05) is 18.4 Å². The number of benzene rings is 2. The molecular weight excluding hydrogens is 411 g/mol. The highest BCUT2D eigenvalue weighted by Crippen LogP contribution is 2.26. The average molecular weight is 433 g/mol. The van der Waals surface area contributed by atoms with Gasteiger partial charge >= 0.3 is 5.63 Å². The molecule has 0 radical (unpaired) electrons. The third-order valence-electron chi connectivity index (χ3n) is 4.79. The van der Waals surface area contributed by atoms with Gasteiger partial charge in [-0.2, -0.15) is 0 Å². The molecule has 0 atom stereocenters. The number of anilines is 1. The van der Waals surface area contributed by atoms with Crippen LogP contribution in [-0.2, 0) is 11.3 Å². The number of nitrogens with zero attached hydrogens (tertiary/aromatic N) is 1. The molecule has 1 N–H and O–H groups in total. The smallest absolute Gasteiger partial charge is 0.336 e. The van der Waals surface area contributed by atoms with Crippen molar-refractivity contribution >= 4 is 45.8 Å². The number of nitrogens with one attached hydrogen (secondary N) is 1. The lowest BCUT2D eigenvalue weighted by atomic mass is 10.1. The Morgan fingerprint density at radius 2 is 1.86 bits per heavy atom. The van der Waals surface area contributed by atoms with E-state index in [1.165, 1.54) is 6.07 Å². The number of halogens is 2. The Bertz CT molecular complexity index is 1120. The fraction of sp³-hybridized carbons (Fsp3) is 0.273. The summed E-state index contributed by atoms with van der Waals surface area (Å²) >= 11 is 12.3. The van der Waals surface area contributed by atoms with Gasteiger partial charge < -0.3 is 9.73 Å². The van der Waals surface area contributed by atoms with Crippen LogP contribution in [0.2, 0.25) is 10.0 Å². The fourth-order valence-corrected chi connectivity index (χ4v) is 3.46. The number of hydrogen-bond acceptors (Lipinski definition) is 4. The average Bonchev–Trinajstić information content (AvgIpc) is 2.65. The van der Waals surface area contributed by atoms with E-state index in [1.54, 1.807) is 24.3 Å². The molecule has 0 fully saturated rings. The van der Waals surface area contributed by atoms with Crippen LogP contribution in [0.15, 0.2) is 45.6 Å². The van der Waals surface area contributed by atoms with Crippen molar-refractivity contribution in [2.24, 2.45) is 0 Å². The number of aryl methyl sites for hydroxylation is 2. The molecule has 0 unspecified atom stereocenters. The van der Waals surface area contributed by atoms with Crippen LogP contribution >= 0.6 is 23.2 Å². The van der Waals surface area contributed by atoms with Gasteiger partial charge in [0.25, 0.3) is 0 Å². The summed E-state index contributed by atoms with van der Waals surface area (Å²) in [6.07, 6.45) is 0. The van der Waals surface area contributed by atoms with Crippen LogP contribution in [0.1, 0.15) is 23.6 Å². The van der Waals surface area contributed by atoms with Crippen molar-refractivity contribution < 1.29 is 9.21 Å². The zero-order valence-corrected chi connectivity index (χ0v) is 18.0. The van der Waals surface area contributed by atoms with Crippen LogP contribution in [-0.4, -0.2) is 23.9 Å². The predicted octanol–water partition coefficient (Wildman–Crippen LogP) is 5.18. The Morgan fingerprint density at radius 3 is 2.59 bits per heavy atom. The van der Waals surface area contributed by atoms with Gasteiger partial charge in [0, 0.05) is 33.7 Å². The van der Waals surface area contributed by atoms with Gasteiger partial charge in [-0.1, -0.05) is 36.2 Å². The minimum atomic E-state index is -0.427. The molecule has 152 valence electrons. The molecule has 3 aromatic rings. The van der Waals surface area contributed by atoms with Gasteiger partial charge in [0.2, 0.25) is 5.91 Å². The van der Waals surface area contributed by atoms with Crippen molar-refractivity contribution in [3.63, 3.8) is 0 Å². The lowest BCUT2D eigenvalue weighted by Crippen LogP contribution is -2.33. The molecular formula is C22H22Cl2N2O3. The normalized spacial score (nSPS) is 11.2. The second-order valence-electron chi connectivity index (χ2n) is 7.00. The van der Waals surface area contributed by atoms with E-state index >= 15 is 0 Å². The first-order valence-electron chi connectivity index (χ1n) is 9.28. The number of carbonyl (C=O) groups excluding carboxylic acids is 1. The van der Waals surface area contributed by atoms with E-state index in [9.17, 15) is 9.59 Å². The first-order chi connectivity index (χ1) is 13.8. The van der Waals surface area contributed by atoms with Gasteiger partial charge in [0.1, 0.15) is 5.58 Å². The summed E-state index contributed by atoms with van der Waals surface area (Å²) < 4.78 is 5.31. The van der Waals surface area contributed by atoms with E-state index in [0.29, 0.717) is 34.4 Å². The van der Waals surface area contributed by atoms with Gasteiger partial charge in [0.15, 0.2) is 0 Å². The lowest BCUT2D eigenvalue weighted by molar-refractivity contribution is -0.117. The zero-order chi connectivity index (χ0) is 21.1. The second kappa shape index (κ2) is 8.99. The summed E-state index contributed by atoms with van der Waals surface area (Å²) in [6, 6.07) is 10.4. The minimum absolute atomic E-state index is 0.154. The third-order valence-corrected chi connectivity index (χ3v) is 5.43. The molecule has 3 rings (SSSR count). The number of fused-ring (bicyclic) bond motifs is 1. The van der Waals surface area contributed by atoms with E-state index in [-0.39, 0.29) is 12.5 Å². The topological polar surface area (TPSA) is 62.6 Å². The van der Waals surface area contributed by atoms with Crippen molar-refractivity contribution in [2.45, 2.75) is 27.3 Å². The van der Waals surface area contributed by atoms with Gasteiger partial charge in [-0.05, 0) is 61.3 Å². The lowest BCUT2D eigenvalue weighted by Gasteiger charge is -2.21. The molecule has 2 aromatic carbocycles. The number of rotatable bonds is 6. The zero-order valence-electron chi connectivity index (χ0n) is 16.5. The van der Waals surface area contributed by atoms with E-state index in [0.717, 1.165) is 22.1 Å². The summed E-state index contributed by atoms with van der Waals surface area (Å²) in [7, 11) is 0. The molecule has 29 heavy (non-hydrogen) atoms. The van der Waals surface area contributed by atoms with Crippen LogP contribution in [0.4, 0.5) is 5.69 Å². The SMILES string of the molecule is CCN(CC(=O)Nc1cc(Cl)ccc1C)Cc1cc(=O)oc2cc(C)c(Cl)cc12. The number of likely N-dealkylation sites (N-methyl/N-ethyl adjacent to an activating group) is 1. The number of amides is 1. The molecule has 0 aliphatic carbocycles. The fourth-order valence-electron chi connectivity index (χ4n) is 3.12. The van der Waals surface area contributed by atoms with Gasteiger partial charge in [0.05, 0.1) is 6.54 Å². The minimum Gasteiger partial charge on any atom is -0.423 e. The van der Waals surface area contributed by atoms with Gasteiger partial charge in [-0.25, -0.2) is 4.79 Å². The maximum absolute atomic E-state index is 12.6. The van der Waals surface area contributed by atoms with Crippen molar-refractivity contribution in [3.05, 3.63) is 73.6 Å². The maximum Gasteiger partial charge on any atom is 0.336 e. The molecule has 5 nitrogen and oxygen atoms in total. The van der Waals surface area contributed by atoms with E-state index in [2.05, 4.69) is 5.32 Å². The largest absolute Gasteiger partial charge is 0.423 e. The van der Waals surface area contributed by atoms with Crippen molar-refractivity contribution in [1.29, 1.82) is 0 Å². The molecule has 7 heteroatoms. The standard InChI is InChI=1S/C22H22Cl2N2O3/c1-4-26(12-21(27)25-19-9-16(23)6-5-13(19)2)11-15-8-22(28)29-20-7-14(3)18(24)10-17(15)20/h5-10H,4,11-12H2,1-3H3,(H,25,27). The number of hydrogen-bond donors (Lipinski definition) is 1. The molecule has 0 saturated heterocycles. The van der Waals surface area contributed by atoms with Crippen molar-refractivity contribution in [1.82, 2.24) is 4.90 Å². The number of carbonyl (C=O) groups is 1. The summed E-state index contributed by atoms with van der Waals surface area (Å²) in [6.45, 7) is 6.94. The first kappa shape index (κ1) is 21.4. The predicted molar refractivity (Wildman–Crippen MR) is 118 cm³/mol. The molecule has 0 bridgehead atoms. The van der Waals surface area contributed by atoms with E-state index in [4.69, 9.17) is 27.6 Å². The van der Waals surface area contributed by atoms with Gasteiger partial charge in [-0.3, -0.25) is 9.69 Å². The maximum atomic E-state index is 12.6. The summed E-state index contributed by atoms with van der Waals surface area (Å²) in [4.78, 5) is 26.5. The Balaban J connectivity index is 1.81. The van der Waals surface area contributed by atoms with Crippen LogP contribution in [0.5, 0.6) is 0 Å². The summed E-state index contributed by atoms with van der Waals surface area (Å²) in [5.41, 5.74) is 3.29. The van der Waals surface area contributed by atoms with Gasteiger partial charge in [-0.15, -0.1) is 0 Å². The molecule has 0 aliphatic rings. The molecule has 0 aliphatic heterocycles.